The van der Waals surface area contributed by atoms with Gasteiger partial charge in [0.2, 0.25) is 11.8 Å². The first kappa shape index (κ1) is 13.2. The van der Waals surface area contributed by atoms with Gasteiger partial charge >= 0.3 is 0 Å². The maximum atomic E-state index is 13.1. The SMILES string of the molecule is CCNc1nc(C)cc(Oc2ccc(F)c(F)c2)n1. The summed E-state index contributed by atoms with van der Waals surface area (Å²) in [6, 6.07) is 4.93. The van der Waals surface area contributed by atoms with Gasteiger partial charge < -0.3 is 10.1 Å². The van der Waals surface area contributed by atoms with Gasteiger partial charge in [-0.2, -0.15) is 4.98 Å². The van der Waals surface area contributed by atoms with E-state index in [1.54, 1.807) is 13.0 Å². The van der Waals surface area contributed by atoms with Crippen molar-refractivity contribution in [1.82, 2.24) is 9.97 Å². The molecule has 1 N–H and O–H groups in total. The fourth-order valence-electron chi connectivity index (χ4n) is 1.49. The van der Waals surface area contributed by atoms with Crippen LogP contribution in [-0.4, -0.2) is 16.5 Å². The number of rotatable bonds is 4. The van der Waals surface area contributed by atoms with E-state index in [1.165, 1.54) is 6.07 Å². The van der Waals surface area contributed by atoms with Gasteiger partial charge in [0.1, 0.15) is 5.75 Å². The molecule has 0 unspecified atom stereocenters. The molecular formula is C13H13F2N3O. The van der Waals surface area contributed by atoms with E-state index in [9.17, 15) is 8.78 Å². The first-order chi connectivity index (χ1) is 9.08. The third-order valence-electron chi connectivity index (χ3n) is 2.28. The lowest BCUT2D eigenvalue weighted by Gasteiger charge is -2.08. The van der Waals surface area contributed by atoms with Crippen molar-refractivity contribution in [2.45, 2.75) is 13.8 Å². The van der Waals surface area contributed by atoms with Crippen LogP contribution in [0, 0.1) is 18.6 Å². The Kier molecular flexibility index (Phi) is 3.89. The summed E-state index contributed by atoms with van der Waals surface area (Å²) in [6.07, 6.45) is 0. The highest BCUT2D eigenvalue weighted by Gasteiger charge is 2.07. The summed E-state index contributed by atoms with van der Waals surface area (Å²) in [5.41, 5.74) is 0.712. The molecule has 4 nitrogen and oxygen atoms in total. The van der Waals surface area contributed by atoms with Gasteiger partial charge in [0.25, 0.3) is 0 Å². The predicted molar refractivity (Wildman–Crippen MR) is 67.4 cm³/mol. The van der Waals surface area contributed by atoms with Gasteiger partial charge in [-0.25, -0.2) is 13.8 Å². The van der Waals surface area contributed by atoms with Crippen LogP contribution in [0.4, 0.5) is 14.7 Å². The van der Waals surface area contributed by atoms with Crippen molar-refractivity contribution in [3.63, 3.8) is 0 Å². The minimum absolute atomic E-state index is 0.180. The number of aryl methyl sites for hydroxylation is 1. The molecular weight excluding hydrogens is 252 g/mol. The summed E-state index contributed by atoms with van der Waals surface area (Å²) in [5, 5.41) is 2.96. The second-order valence-corrected chi connectivity index (χ2v) is 3.88. The quantitative estimate of drug-likeness (QED) is 0.921. The highest BCUT2D eigenvalue weighted by Crippen LogP contribution is 2.22. The van der Waals surface area contributed by atoms with Gasteiger partial charge in [0, 0.05) is 24.4 Å². The molecule has 0 amide bonds. The Morgan fingerprint density at radius 2 is 1.95 bits per heavy atom. The molecule has 0 atom stereocenters. The van der Waals surface area contributed by atoms with E-state index in [0.29, 0.717) is 18.2 Å². The third kappa shape index (κ3) is 3.37. The van der Waals surface area contributed by atoms with Gasteiger partial charge in [0.15, 0.2) is 11.6 Å². The monoisotopic (exact) mass is 265 g/mol. The fourth-order valence-corrected chi connectivity index (χ4v) is 1.49. The van der Waals surface area contributed by atoms with Crippen LogP contribution >= 0.6 is 0 Å². The summed E-state index contributed by atoms with van der Waals surface area (Å²) in [6.45, 7) is 4.39. The Labute approximate surface area is 109 Å². The second kappa shape index (κ2) is 5.60. The first-order valence-corrected chi connectivity index (χ1v) is 5.81. The van der Waals surface area contributed by atoms with E-state index in [1.807, 2.05) is 6.92 Å². The lowest BCUT2D eigenvalue weighted by molar-refractivity contribution is 0.447. The molecule has 0 aliphatic rings. The number of nitrogens with one attached hydrogen (secondary N) is 1. The highest BCUT2D eigenvalue weighted by molar-refractivity contribution is 5.34. The molecule has 1 heterocycles. The molecule has 0 spiro atoms. The summed E-state index contributed by atoms with van der Waals surface area (Å²) in [5.74, 6) is -0.997. The number of hydrogen-bond donors (Lipinski definition) is 1. The highest BCUT2D eigenvalue weighted by atomic mass is 19.2. The molecule has 0 saturated heterocycles. The molecule has 0 bridgehead atoms. The van der Waals surface area contributed by atoms with Crippen LogP contribution in [0.3, 0.4) is 0 Å². The van der Waals surface area contributed by atoms with Crippen LogP contribution in [0.5, 0.6) is 11.6 Å². The first-order valence-electron chi connectivity index (χ1n) is 5.81. The van der Waals surface area contributed by atoms with Crippen LogP contribution in [-0.2, 0) is 0 Å². The molecule has 1 aromatic heterocycles. The van der Waals surface area contributed by atoms with Gasteiger partial charge in [-0.05, 0) is 26.0 Å². The van der Waals surface area contributed by atoms with Gasteiger partial charge in [-0.1, -0.05) is 0 Å². The average molecular weight is 265 g/mol. The number of anilines is 1. The second-order valence-electron chi connectivity index (χ2n) is 3.88. The van der Waals surface area contributed by atoms with Crippen LogP contribution < -0.4 is 10.1 Å². The number of nitrogens with zero attached hydrogens (tertiary/aromatic N) is 2. The number of aromatic nitrogens is 2. The van der Waals surface area contributed by atoms with Gasteiger partial charge in [-0.3, -0.25) is 0 Å². The Bertz CT molecular complexity index is 590. The molecule has 0 saturated carbocycles. The van der Waals surface area contributed by atoms with Crippen LogP contribution in [0.15, 0.2) is 24.3 Å². The van der Waals surface area contributed by atoms with Crippen molar-refractivity contribution in [3.8, 4) is 11.6 Å². The van der Waals surface area contributed by atoms with Crippen molar-refractivity contribution in [3.05, 3.63) is 41.6 Å². The zero-order valence-corrected chi connectivity index (χ0v) is 10.6. The third-order valence-corrected chi connectivity index (χ3v) is 2.28. The Balaban J connectivity index is 2.24. The number of halogens is 2. The number of benzene rings is 1. The topological polar surface area (TPSA) is 47.0 Å². The van der Waals surface area contributed by atoms with Crippen molar-refractivity contribution >= 4 is 5.95 Å². The molecule has 0 radical (unpaired) electrons. The van der Waals surface area contributed by atoms with E-state index >= 15 is 0 Å². The molecule has 2 aromatic rings. The van der Waals surface area contributed by atoms with E-state index < -0.39 is 11.6 Å². The predicted octanol–water partition coefficient (Wildman–Crippen LogP) is 3.29. The van der Waals surface area contributed by atoms with E-state index in [4.69, 9.17) is 4.74 Å². The Hall–Kier alpha value is -2.24. The number of hydrogen-bond acceptors (Lipinski definition) is 4. The zero-order chi connectivity index (χ0) is 13.8. The summed E-state index contributed by atoms with van der Waals surface area (Å²) < 4.78 is 31.2. The lowest BCUT2D eigenvalue weighted by atomic mass is 10.3. The molecule has 1 aromatic carbocycles. The molecule has 0 aliphatic heterocycles. The van der Waals surface area contributed by atoms with E-state index in [-0.39, 0.29) is 11.6 Å². The van der Waals surface area contributed by atoms with Crippen molar-refractivity contribution in [1.29, 1.82) is 0 Å². The Morgan fingerprint density at radius 3 is 2.63 bits per heavy atom. The molecule has 19 heavy (non-hydrogen) atoms. The normalized spacial score (nSPS) is 10.3. The van der Waals surface area contributed by atoms with Crippen LogP contribution in [0.2, 0.25) is 0 Å². The molecule has 6 heteroatoms. The number of ether oxygens (including phenoxy) is 1. The largest absolute Gasteiger partial charge is 0.439 e. The minimum Gasteiger partial charge on any atom is -0.439 e. The molecule has 100 valence electrons. The maximum Gasteiger partial charge on any atom is 0.226 e. The van der Waals surface area contributed by atoms with Crippen LogP contribution in [0.25, 0.3) is 0 Å². The zero-order valence-electron chi connectivity index (χ0n) is 10.6. The fraction of sp³-hybridized carbons (Fsp3) is 0.231. The minimum atomic E-state index is -0.963. The molecule has 2 rings (SSSR count). The van der Waals surface area contributed by atoms with Crippen LogP contribution in [0.1, 0.15) is 12.6 Å². The molecule has 0 fully saturated rings. The maximum absolute atomic E-state index is 13.1. The van der Waals surface area contributed by atoms with Crippen molar-refractivity contribution in [2.24, 2.45) is 0 Å². The van der Waals surface area contributed by atoms with Crippen molar-refractivity contribution < 1.29 is 13.5 Å². The summed E-state index contributed by atoms with van der Waals surface area (Å²) in [4.78, 5) is 8.27. The van der Waals surface area contributed by atoms with E-state index in [2.05, 4.69) is 15.3 Å². The standard InChI is InChI=1S/C13H13F2N3O/c1-3-16-13-17-8(2)6-12(18-13)19-9-4-5-10(14)11(15)7-9/h4-7H,3H2,1-2H3,(H,16,17,18). The summed E-state index contributed by atoms with van der Waals surface area (Å²) >= 11 is 0. The van der Waals surface area contributed by atoms with Crippen molar-refractivity contribution in [2.75, 3.05) is 11.9 Å². The van der Waals surface area contributed by atoms with Gasteiger partial charge in [0.05, 0.1) is 0 Å². The van der Waals surface area contributed by atoms with Gasteiger partial charge in [-0.15, -0.1) is 0 Å². The molecule has 0 aliphatic carbocycles. The Morgan fingerprint density at radius 1 is 1.16 bits per heavy atom. The average Bonchev–Trinajstić information content (AvgIpc) is 2.33. The lowest BCUT2D eigenvalue weighted by Crippen LogP contribution is -2.04. The van der Waals surface area contributed by atoms with E-state index in [0.717, 1.165) is 12.1 Å². The smallest absolute Gasteiger partial charge is 0.226 e. The summed E-state index contributed by atoms with van der Waals surface area (Å²) in [7, 11) is 0.